The fourth-order valence-electron chi connectivity index (χ4n) is 1.55. The molecule has 0 saturated heterocycles. The van der Waals surface area contributed by atoms with Crippen LogP contribution < -0.4 is 5.32 Å². The molecule has 128 valence electrons. The molecule has 1 aromatic rings. The maximum atomic E-state index is 12.9. The number of aliphatic hydroxyl groups is 1. The Kier molecular flexibility index (Phi) is 6.26. The van der Waals surface area contributed by atoms with Crippen LogP contribution in [0.4, 0.5) is 18.9 Å². The molecule has 1 atom stereocenters. The van der Waals surface area contributed by atoms with Gasteiger partial charge in [0.15, 0.2) is 0 Å². The number of carbonyl (C=O) groups is 2. The van der Waals surface area contributed by atoms with Crippen molar-refractivity contribution in [1.82, 2.24) is 0 Å². The minimum atomic E-state index is -5.38. The number of rotatable bonds is 5. The van der Waals surface area contributed by atoms with Crippen LogP contribution in [0.5, 0.6) is 0 Å². The van der Waals surface area contributed by atoms with Gasteiger partial charge in [-0.2, -0.15) is 13.2 Å². The van der Waals surface area contributed by atoms with E-state index in [1.54, 1.807) is 0 Å². The number of ether oxygens (including phenoxy) is 1. The Morgan fingerprint density at radius 1 is 1.26 bits per heavy atom. The third-order valence-electron chi connectivity index (χ3n) is 2.70. The number of halogens is 5. The van der Waals surface area contributed by atoms with Crippen LogP contribution >= 0.6 is 23.2 Å². The van der Waals surface area contributed by atoms with Crippen molar-refractivity contribution < 1.29 is 32.6 Å². The maximum absolute atomic E-state index is 12.9. The van der Waals surface area contributed by atoms with Gasteiger partial charge in [0.2, 0.25) is 5.91 Å². The third kappa shape index (κ3) is 4.73. The molecule has 0 aliphatic heterocycles. The number of alkyl halides is 3. The molecule has 2 N–H and O–H groups in total. The number of esters is 1. The number of hydrogen-bond donors (Lipinski definition) is 2. The average Bonchev–Trinajstić information content (AvgIpc) is 2.41. The Hall–Kier alpha value is -1.51. The van der Waals surface area contributed by atoms with Gasteiger partial charge >= 0.3 is 12.1 Å². The van der Waals surface area contributed by atoms with E-state index in [1.807, 2.05) is 0 Å². The van der Waals surface area contributed by atoms with E-state index in [2.05, 4.69) is 10.1 Å². The van der Waals surface area contributed by atoms with Crippen molar-refractivity contribution in [1.29, 1.82) is 0 Å². The molecule has 10 heteroatoms. The molecule has 1 aromatic carbocycles. The fourth-order valence-corrected chi connectivity index (χ4v) is 1.85. The Morgan fingerprint density at radius 2 is 1.87 bits per heavy atom. The zero-order valence-corrected chi connectivity index (χ0v) is 13.2. The van der Waals surface area contributed by atoms with E-state index in [1.165, 1.54) is 25.1 Å². The molecular formula is C13H12Cl2F3NO4. The number of anilines is 1. The van der Waals surface area contributed by atoms with Crippen LogP contribution in [0.1, 0.15) is 13.3 Å². The Balaban J connectivity index is 2.93. The van der Waals surface area contributed by atoms with Crippen LogP contribution in [0.15, 0.2) is 18.2 Å². The Bertz CT molecular complexity index is 609. The Morgan fingerprint density at radius 3 is 2.35 bits per heavy atom. The van der Waals surface area contributed by atoms with Gasteiger partial charge in [-0.25, -0.2) is 4.79 Å². The summed E-state index contributed by atoms with van der Waals surface area (Å²) in [6.45, 7) is 0.885. The summed E-state index contributed by atoms with van der Waals surface area (Å²) in [5.41, 5.74) is -3.89. The molecule has 1 rings (SSSR count). The summed E-state index contributed by atoms with van der Waals surface area (Å²) in [5.74, 6) is -3.20. The largest absolute Gasteiger partial charge is 0.464 e. The van der Waals surface area contributed by atoms with Crippen molar-refractivity contribution in [3.8, 4) is 0 Å². The van der Waals surface area contributed by atoms with Gasteiger partial charge in [0.1, 0.15) is 0 Å². The normalized spacial score (nSPS) is 14.0. The van der Waals surface area contributed by atoms with Gasteiger partial charge in [-0.15, -0.1) is 0 Å². The van der Waals surface area contributed by atoms with Crippen molar-refractivity contribution in [2.24, 2.45) is 0 Å². The molecule has 0 fully saturated rings. The molecule has 0 aliphatic rings. The van der Waals surface area contributed by atoms with Gasteiger partial charge in [-0.1, -0.05) is 23.2 Å². The van der Waals surface area contributed by atoms with Crippen LogP contribution in [-0.4, -0.2) is 35.4 Å². The summed E-state index contributed by atoms with van der Waals surface area (Å²) in [6.07, 6.45) is -6.94. The van der Waals surface area contributed by atoms with E-state index in [9.17, 15) is 27.9 Å². The lowest BCUT2D eigenvalue weighted by Gasteiger charge is -2.27. The van der Waals surface area contributed by atoms with Crippen LogP contribution in [0, 0.1) is 0 Å². The summed E-state index contributed by atoms with van der Waals surface area (Å²) < 4.78 is 43.0. The molecule has 0 aliphatic carbocycles. The van der Waals surface area contributed by atoms with E-state index < -0.39 is 30.1 Å². The number of hydrogen-bond acceptors (Lipinski definition) is 4. The first-order chi connectivity index (χ1) is 10.5. The number of nitrogens with one attached hydrogen (secondary N) is 1. The quantitative estimate of drug-likeness (QED) is 0.777. The molecule has 23 heavy (non-hydrogen) atoms. The van der Waals surface area contributed by atoms with Gasteiger partial charge in [-0.05, 0) is 25.1 Å². The predicted octanol–water partition coefficient (Wildman–Crippen LogP) is 3.18. The summed E-state index contributed by atoms with van der Waals surface area (Å²) in [4.78, 5) is 23.1. The second-order valence-corrected chi connectivity index (χ2v) is 5.25. The van der Waals surface area contributed by atoms with Crippen LogP contribution in [-0.2, 0) is 14.3 Å². The zero-order chi connectivity index (χ0) is 17.8. The van der Waals surface area contributed by atoms with Gasteiger partial charge in [0, 0.05) is 5.69 Å². The summed E-state index contributed by atoms with van der Waals surface area (Å²) in [6, 6.07) is 3.82. The highest BCUT2D eigenvalue weighted by Crippen LogP contribution is 2.35. The molecule has 0 spiro atoms. The maximum Gasteiger partial charge on any atom is 0.428 e. The standard InChI is InChI=1S/C13H12Cl2F3NO4/c1-2-23-11(21)12(22,13(16,17)18)6-10(20)19-7-3-4-8(14)9(15)5-7/h3-5,22H,2,6H2,1H3,(H,19,20). The molecule has 5 nitrogen and oxygen atoms in total. The van der Waals surface area contributed by atoms with Crippen molar-refractivity contribution in [2.75, 3.05) is 11.9 Å². The zero-order valence-electron chi connectivity index (χ0n) is 11.7. The smallest absolute Gasteiger partial charge is 0.428 e. The second-order valence-electron chi connectivity index (χ2n) is 4.43. The lowest BCUT2D eigenvalue weighted by atomic mass is 9.98. The second kappa shape index (κ2) is 7.37. The topological polar surface area (TPSA) is 75.6 Å². The fraction of sp³-hybridized carbons (Fsp3) is 0.385. The molecule has 0 heterocycles. The third-order valence-corrected chi connectivity index (χ3v) is 3.44. The van der Waals surface area contributed by atoms with E-state index in [0.29, 0.717) is 0 Å². The van der Waals surface area contributed by atoms with Crippen molar-refractivity contribution >= 4 is 40.8 Å². The molecular weight excluding hydrogens is 362 g/mol. The Labute approximate surface area is 139 Å². The number of benzene rings is 1. The molecule has 1 unspecified atom stereocenters. The van der Waals surface area contributed by atoms with Crippen molar-refractivity contribution in [3.05, 3.63) is 28.2 Å². The van der Waals surface area contributed by atoms with Crippen molar-refractivity contribution in [2.45, 2.75) is 25.1 Å². The monoisotopic (exact) mass is 373 g/mol. The van der Waals surface area contributed by atoms with E-state index in [4.69, 9.17) is 23.2 Å². The van der Waals surface area contributed by atoms with Gasteiger partial charge < -0.3 is 15.2 Å². The first-order valence-corrected chi connectivity index (χ1v) is 6.98. The summed E-state index contributed by atoms with van der Waals surface area (Å²) in [5, 5.41) is 11.9. The SMILES string of the molecule is CCOC(=O)C(O)(CC(=O)Nc1ccc(Cl)c(Cl)c1)C(F)(F)F. The minimum Gasteiger partial charge on any atom is -0.464 e. The lowest BCUT2D eigenvalue weighted by molar-refractivity contribution is -0.262. The van der Waals surface area contributed by atoms with Crippen molar-refractivity contribution in [3.63, 3.8) is 0 Å². The van der Waals surface area contributed by atoms with Gasteiger partial charge in [0.25, 0.3) is 5.60 Å². The molecule has 0 saturated carbocycles. The first kappa shape index (κ1) is 19.5. The molecule has 0 bridgehead atoms. The van der Waals surface area contributed by atoms with E-state index >= 15 is 0 Å². The highest BCUT2D eigenvalue weighted by atomic mass is 35.5. The molecule has 0 radical (unpaired) electrons. The van der Waals surface area contributed by atoms with Gasteiger partial charge in [0.05, 0.1) is 23.1 Å². The van der Waals surface area contributed by atoms with Gasteiger partial charge in [-0.3, -0.25) is 4.79 Å². The number of amides is 1. The highest BCUT2D eigenvalue weighted by Gasteiger charge is 2.61. The van der Waals surface area contributed by atoms with Crippen LogP contribution in [0.3, 0.4) is 0 Å². The minimum absolute atomic E-state index is 0.0535. The molecule has 1 amide bonds. The lowest BCUT2D eigenvalue weighted by Crippen LogP contribution is -2.54. The first-order valence-electron chi connectivity index (χ1n) is 6.22. The summed E-state index contributed by atoms with van der Waals surface area (Å²) in [7, 11) is 0. The average molecular weight is 374 g/mol. The predicted molar refractivity (Wildman–Crippen MR) is 77.3 cm³/mol. The summed E-state index contributed by atoms with van der Waals surface area (Å²) >= 11 is 11.4. The highest BCUT2D eigenvalue weighted by molar-refractivity contribution is 6.42. The number of carbonyl (C=O) groups excluding carboxylic acids is 2. The van der Waals surface area contributed by atoms with Crippen LogP contribution in [0.25, 0.3) is 0 Å². The van der Waals surface area contributed by atoms with E-state index in [0.717, 1.165) is 0 Å². The molecule has 0 aromatic heterocycles. The van der Waals surface area contributed by atoms with E-state index in [-0.39, 0.29) is 22.3 Å². The van der Waals surface area contributed by atoms with Crippen LogP contribution in [0.2, 0.25) is 10.0 Å².